The van der Waals surface area contributed by atoms with Gasteiger partial charge in [0.05, 0.1) is 11.6 Å². The third kappa shape index (κ3) is 4.09. The standard InChI is InChI=1S/C13H19Cl2NO3S/c1-4-12(8(2)3)16-20(18,19)13-5-9(7-17)10(14)6-11(13)15/h5-6,8,12,16-17H,4,7H2,1-3H3. The average Bonchev–Trinajstić information content (AvgIpc) is 2.35. The number of aliphatic hydroxyl groups is 1. The van der Waals surface area contributed by atoms with Gasteiger partial charge in [0, 0.05) is 11.1 Å². The van der Waals surface area contributed by atoms with Gasteiger partial charge in [0.25, 0.3) is 0 Å². The molecule has 4 nitrogen and oxygen atoms in total. The highest BCUT2D eigenvalue weighted by Crippen LogP contribution is 2.29. The maximum atomic E-state index is 12.4. The first-order chi connectivity index (χ1) is 9.22. The quantitative estimate of drug-likeness (QED) is 0.836. The molecular weight excluding hydrogens is 321 g/mol. The molecule has 1 atom stereocenters. The number of sulfonamides is 1. The molecule has 0 aromatic heterocycles. The molecule has 0 aliphatic heterocycles. The van der Waals surface area contributed by atoms with Crippen LogP contribution in [0, 0.1) is 5.92 Å². The summed E-state index contributed by atoms with van der Waals surface area (Å²) < 4.78 is 27.4. The van der Waals surface area contributed by atoms with Crippen LogP contribution in [0.4, 0.5) is 0 Å². The van der Waals surface area contributed by atoms with Gasteiger partial charge in [-0.1, -0.05) is 44.0 Å². The van der Waals surface area contributed by atoms with Gasteiger partial charge in [-0.25, -0.2) is 13.1 Å². The van der Waals surface area contributed by atoms with Crippen molar-refractivity contribution in [2.45, 2.75) is 44.7 Å². The molecule has 0 amide bonds. The van der Waals surface area contributed by atoms with Crippen LogP contribution in [0.25, 0.3) is 0 Å². The van der Waals surface area contributed by atoms with Gasteiger partial charge in [-0.2, -0.15) is 0 Å². The molecule has 20 heavy (non-hydrogen) atoms. The predicted molar refractivity (Wildman–Crippen MR) is 81.6 cm³/mol. The summed E-state index contributed by atoms with van der Waals surface area (Å²) in [6.45, 7) is 5.45. The maximum absolute atomic E-state index is 12.4. The molecular formula is C13H19Cl2NO3S. The molecule has 0 heterocycles. The predicted octanol–water partition coefficient (Wildman–Crippen LogP) is 3.20. The van der Waals surface area contributed by atoms with Crippen molar-refractivity contribution in [2.24, 2.45) is 5.92 Å². The van der Waals surface area contributed by atoms with Crippen LogP contribution < -0.4 is 4.72 Å². The van der Waals surface area contributed by atoms with Crippen LogP contribution in [0.5, 0.6) is 0 Å². The Morgan fingerprint density at radius 3 is 2.30 bits per heavy atom. The minimum atomic E-state index is -3.75. The Morgan fingerprint density at radius 2 is 1.85 bits per heavy atom. The Morgan fingerprint density at radius 1 is 1.25 bits per heavy atom. The normalized spacial score (nSPS) is 13.8. The molecule has 1 unspecified atom stereocenters. The van der Waals surface area contributed by atoms with Gasteiger partial charge in [0.1, 0.15) is 4.90 Å². The largest absolute Gasteiger partial charge is 0.392 e. The topological polar surface area (TPSA) is 66.4 Å². The molecule has 0 aliphatic rings. The molecule has 0 aliphatic carbocycles. The first-order valence-electron chi connectivity index (χ1n) is 6.34. The molecule has 114 valence electrons. The second kappa shape index (κ2) is 7.09. The van der Waals surface area contributed by atoms with E-state index in [2.05, 4.69) is 4.72 Å². The summed E-state index contributed by atoms with van der Waals surface area (Å²) in [5.41, 5.74) is 0.328. The van der Waals surface area contributed by atoms with E-state index in [1.807, 2.05) is 20.8 Å². The number of hydrogen-bond acceptors (Lipinski definition) is 3. The van der Waals surface area contributed by atoms with Gasteiger partial charge < -0.3 is 5.11 Å². The van der Waals surface area contributed by atoms with E-state index in [0.29, 0.717) is 12.0 Å². The first kappa shape index (κ1) is 17.7. The van der Waals surface area contributed by atoms with E-state index < -0.39 is 10.0 Å². The Bertz CT molecular complexity index is 573. The average molecular weight is 340 g/mol. The number of hydrogen-bond donors (Lipinski definition) is 2. The molecule has 1 aromatic rings. The molecule has 0 fully saturated rings. The summed E-state index contributed by atoms with van der Waals surface area (Å²) in [6.07, 6.45) is 0.676. The van der Waals surface area contributed by atoms with Gasteiger partial charge >= 0.3 is 0 Å². The maximum Gasteiger partial charge on any atom is 0.242 e. The number of aliphatic hydroxyl groups excluding tert-OH is 1. The smallest absolute Gasteiger partial charge is 0.242 e. The van der Waals surface area contributed by atoms with Crippen molar-refractivity contribution in [3.8, 4) is 0 Å². The van der Waals surface area contributed by atoms with Gasteiger partial charge in [0.2, 0.25) is 10.0 Å². The number of halogens is 2. The Labute approximate surface area is 130 Å². The first-order valence-corrected chi connectivity index (χ1v) is 8.58. The molecule has 0 radical (unpaired) electrons. The van der Waals surface area contributed by atoms with E-state index in [1.165, 1.54) is 12.1 Å². The lowest BCUT2D eigenvalue weighted by Gasteiger charge is -2.21. The van der Waals surface area contributed by atoms with E-state index in [9.17, 15) is 13.5 Å². The van der Waals surface area contributed by atoms with Crippen LogP contribution >= 0.6 is 23.2 Å². The minimum absolute atomic E-state index is 0.0401. The van der Waals surface area contributed by atoms with E-state index in [4.69, 9.17) is 23.2 Å². The van der Waals surface area contributed by atoms with Crippen LogP contribution in [0.1, 0.15) is 32.8 Å². The van der Waals surface area contributed by atoms with E-state index in [1.54, 1.807) is 0 Å². The molecule has 0 saturated heterocycles. The van der Waals surface area contributed by atoms with E-state index in [-0.39, 0.29) is 33.5 Å². The lowest BCUT2D eigenvalue weighted by Crippen LogP contribution is -2.38. The minimum Gasteiger partial charge on any atom is -0.392 e. The van der Waals surface area contributed by atoms with Crippen LogP contribution in [0.3, 0.4) is 0 Å². The summed E-state index contributed by atoms with van der Waals surface area (Å²) in [5, 5.41) is 9.46. The molecule has 0 saturated carbocycles. The third-order valence-corrected chi connectivity index (χ3v) is 5.42. The lowest BCUT2D eigenvalue weighted by atomic mass is 10.0. The molecule has 1 rings (SSSR count). The SMILES string of the molecule is CCC(NS(=O)(=O)c1cc(CO)c(Cl)cc1Cl)C(C)C. The molecule has 7 heteroatoms. The van der Waals surface area contributed by atoms with Crippen molar-refractivity contribution < 1.29 is 13.5 Å². The van der Waals surface area contributed by atoms with Crippen molar-refractivity contribution in [1.82, 2.24) is 4.72 Å². The Balaban J connectivity index is 3.22. The summed E-state index contributed by atoms with van der Waals surface area (Å²) in [5.74, 6) is 0.165. The highest BCUT2D eigenvalue weighted by Gasteiger charge is 2.24. The van der Waals surface area contributed by atoms with Gasteiger partial charge in [0.15, 0.2) is 0 Å². The third-order valence-electron chi connectivity index (χ3n) is 3.11. The summed E-state index contributed by atoms with van der Waals surface area (Å²) in [6, 6.07) is 2.46. The Kier molecular flexibility index (Phi) is 6.28. The van der Waals surface area contributed by atoms with Crippen LogP contribution in [-0.4, -0.2) is 19.6 Å². The van der Waals surface area contributed by atoms with Crippen molar-refractivity contribution >= 4 is 33.2 Å². The van der Waals surface area contributed by atoms with Gasteiger partial charge in [-0.05, 0) is 30.0 Å². The fourth-order valence-corrected chi connectivity index (χ4v) is 4.18. The molecule has 0 bridgehead atoms. The fourth-order valence-electron chi connectivity index (χ4n) is 1.85. The molecule has 2 N–H and O–H groups in total. The van der Waals surface area contributed by atoms with E-state index in [0.717, 1.165) is 0 Å². The highest BCUT2D eigenvalue weighted by atomic mass is 35.5. The van der Waals surface area contributed by atoms with Crippen molar-refractivity contribution in [3.63, 3.8) is 0 Å². The summed E-state index contributed by atoms with van der Waals surface area (Å²) >= 11 is 11.8. The van der Waals surface area contributed by atoms with Crippen LogP contribution in [0.2, 0.25) is 10.0 Å². The monoisotopic (exact) mass is 339 g/mol. The summed E-state index contributed by atoms with van der Waals surface area (Å²) in [4.78, 5) is -0.0632. The number of benzene rings is 1. The Hall–Kier alpha value is -0.330. The highest BCUT2D eigenvalue weighted by molar-refractivity contribution is 7.89. The van der Waals surface area contributed by atoms with Gasteiger partial charge in [-0.15, -0.1) is 0 Å². The van der Waals surface area contributed by atoms with Crippen molar-refractivity contribution in [2.75, 3.05) is 0 Å². The van der Waals surface area contributed by atoms with Gasteiger partial charge in [-0.3, -0.25) is 0 Å². The zero-order valence-corrected chi connectivity index (χ0v) is 14.0. The van der Waals surface area contributed by atoms with E-state index >= 15 is 0 Å². The van der Waals surface area contributed by atoms with Crippen molar-refractivity contribution in [1.29, 1.82) is 0 Å². The fraction of sp³-hybridized carbons (Fsp3) is 0.538. The molecule has 0 spiro atoms. The second-order valence-electron chi connectivity index (χ2n) is 4.91. The zero-order valence-electron chi connectivity index (χ0n) is 11.7. The molecule has 1 aromatic carbocycles. The summed E-state index contributed by atoms with van der Waals surface area (Å²) in [7, 11) is -3.75. The van der Waals surface area contributed by atoms with Crippen LogP contribution in [0.15, 0.2) is 17.0 Å². The zero-order chi connectivity index (χ0) is 15.5. The second-order valence-corrected chi connectivity index (χ2v) is 7.41. The lowest BCUT2D eigenvalue weighted by molar-refractivity contribution is 0.281. The number of rotatable bonds is 6. The van der Waals surface area contributed by atoms with Crippen LogP contribution in [-0.2, 0) is 16.6 Å². The number of nitrogens with one attached hydrogen (secondary N) is 1. The van der Waals surface area contributed by atoms with Crippen molar-refractivity contribution in [3.05, 3.63) is 27.7 Å².